The summed E-state index contributed by atoms with van der Waals surface area (Å²) in [6.45, 7) is 5.69. The van der Waals surface area contributed by atoms with E-state index in [-0.39, 0.29) is 17.5 Å². The summed E-state index contributed by atoms with van der Waals surface area (Å²) in [4.78, 5) is 11.4. The molecule has 0 aliphatic heterocycles. The van der Waals surface area contributed by atoms with Crippen LogP contribution < -0.4 is 0 Å². The molecule has 0 radical (unpaired) electrons. The first-order chi connectivity index (χ1) is 7.00. The first kappa shape index (κ1) is 11.9. The number of ketones is 1. The Morgan fingerprint density at radius 3 is 2.20 bits per heavy atom. The second-order valence-electron chi connectivity index (χ2n) is 4.29. The van der Waals surface area contributed by atoms with E-state index in [1.54, 1.807) is 19.1 Å². The molecule has 1 unspecified atom stereocenters. The van der Waals surface area contributed by atoms with E-state index >= 15 is 0 Å². The van der Waals surface area contributed by atoms with Crippen molar-refractivity contribution in [1.82, 2.24) is 0 Å². The molecular formula is C13H17FO. The third kappa shape index (κ3) is 3.46. The third-order valence-electron chi connectivity index (χ3n) is 2.70. The summed E-state index contributed by atoms with van der Waals surface area (Å²) in [7, 11) is 0. The summed E-state index contributed by atoms with van der Waals surface area (Å²) < 4.78 is 12.7. The zero-order chi connectivity index (χ0) is 11.4. The topological polar surface area (TPSA) is 17.1 Å². The van der Waals surface area contributed by atoms with Crippen molar-refractivity contribution < 1.29 is 9.18 Å². The van der Waals surface area contributed by atoms with Crippen LogP contribution >= 0.6 is 0 Å². The van der Waals surface area contributed by atoms with Crippen molar-refractivity contribution in [1.29, 1.82) is 0 Å². The van der Waals surface area contributed by atoms with E-state index < -0.39 is 0 Å². The minimum atomic E-state index is -0.234. The Morgan fingerprint density at radius 1 is 1.27 bits per heavy atom. The molecular weight excluding hydrogens is 191 g/mol. The van der Waals surface area contributed by atoms with Crippen LogP contribution in [-0.2, 0) is 11.2 Å². The van der Waals surface area contributed by atoms with Gasteiger partial charge in [-0.05, 0) is 37.0 Å². The van der Waals surface area contributed by atoms with Crippen LogP contribution in [-0.4, -0.2) is 5.78 Å². The Labute approximate surface area is 90.3 Å². The molecule has 0 fully saturated rings. The van der Waals surface area contributed by atoms with Gasteiger partial charge < -0.3 is 0 Å². The van der Waals surface area contributed by atoms with Crippen LogP contribution in [0.3, 0.4) is 0 Å². The first-order valence-electron chi connectivity index (χ1n) is 5.25. The van der Waals surface area contributed by atoms with Gasteiger partial charge in [0.2, 0.25) is 0 Å². The number of halogens is 1. The fourth-order valence-electron chi connectivity index (χ4n) is 1.72. The molecule has 0 saturated carbocycles. The van der Waals surface area contributed by atoms with Crippen LogP contribution in [0.25, 0.3) is 0 Å². The maximum absolute atomic E-state index is 12.7. The van der Waals surface area contributed by atoms with Crippen LogP contribution in [0.5, 0.6) is 0 Å². The molecule has 0 heterocycles. The molecule has 0 N–H and O–H groups in total. The van der Waals surface area contributed by atoms with Gasteiger partial charge >= 0.3 is 0 Å². The number of benzene rings is 1. The Balaban J connectivity index is 2.74. The van der Waals surface area contributed by atoms with E-state index in [9.17, 15) is 9.18 Å². The summed E-state index contributed by atoms with van der Waals surface area (Å²) in [6.07, 6.45) is 0.702. The maximum Gasteiger partial charge on any atom is 0.133 e. The summed E-state index contributed by atoms with van der Waals surface area (Å²) in [5.74, 6) is 0.333. The van der Waals surface area contributed by atoms with Gasteiger partial charge in [0.15, 0.2) is 0 Å². The van der Waals surface area contributed by atoms with Gasteiger partial charge in [0.05, 0.1) is 0 Å². The number of rotatable bonds is 4. The molecule has 0 aromatic heterocycles. The van der Waals surface area contributed by atoms with Gasteiger partial charge in [0.25, 0.3) is 0 Å². The Bertz CT molecular complexity index is 327. The smallest absolute Gasteiger partial charge is 0.133 e. The van der Waals surface area contributed by atoms with Crippen molar-refractivity contribution >= 4 is 5.78 Å². The number of hydrogen-bond donors (Lipinski definition) is 0. The van der Waals surface area contributed by atoms with E-state index in [2.05, 4.69) is 0 Å². The zero-order valence-corrected chi connectivity index (χ0v) is 9.46. The average Bonchev–Trinajstić information content (AvgIpc) is 2.15. The number of carbonyl (C=O) groups is 1. The van der Waals surface area contributed by atoms with Gasteiger partial charge in [-0.15, -0.1) is 0 Å². The van der Waals surface area contributed by atoms with Gasteiger partial charge in [0.1, 0.15) is 11.6 Å². The minimum absolute atomic E-state index is 0.0375. The van der Waals surface area contributed by atoms with Crippen molar-refractivity contribution in [3.63, 3.8) is 0 Å². The fraction of sp³-hybridized carbons (Fsp3) is 0.462. The molecule has 1 rings (SSSR count). The van der Waals surface area contributed by atoms with Gasteiger partial charge in [0, 0.05) is 5.92 Å². The first-order valence-corrected chi connectivity index (χ1v) is 5.25. The second kappa shape index (κ2) is 5.06. The van der Waals surface area contributed by atoms with Gasteiger partial charge in [-0.3, -0.25) is 4.79 Å². The van der Waals surface area contributed by atoms with E-state index in [1.807, 2.05) is 13.8 Å². The number of carbonyl (C=O) groups excluding carboxylic acids is 1. The highest BCUT2D eigenvalue weighted by atomic mass is 19.1. The lowest BCUT2D eigenvalue weighted by Gasteiger charge is -2.17. The average molecular weight is 208 g/mol. The lowest BCUT2D eigenvalue weighted by atomic mass is 9.86. The molecule has 1 atom stereocenters. The highest BCUT2D eigenvalue weighted by molar-refractivity contribution is 5.78. The molecule has 1 aromatic carbocycles. The van der Waals surface area contributed by atoms with Crippen molar-refractivity contribution in [2.45, 2.75) is 27.2 Å². The van der Waals surface area contributed by atoms with Gasteiger partial charge in [-0.1, -0.05) is 26.0 Å². The van der Waals surface area contributed by atoms with Crippen LogP contribution in [0.2, 0.25) is 0 Å². The summed E-state index contributed by atoms with van der Waals surface area (Å²) in [6, 6.07) is 6.36. The highest BCUT2D eigenvalue weighted by Gasteiger charge is 2.18. The highest BCUT2D eigenvalue weighted by Crippen LogP contribution is 2.18. The zero-order valence-electron chi connectivity index (χ0n) is 9.46. The van der Waals surface area contributed by atoms with Crippen molar-refractivity contribution in [2.24, 2.45) is 11.8 Å². The lowest BCUT2D eigenvalue weighted by Crippen LogP contribution is -2.20. The minimum Gasteiger partial charge on any atom is -0.300 e. The third-order valence-corrected chi connectivity index (χ3v) is 2.70. The Hall–Kier alpha value is -1.18. The Morgan fingerprint density at radius 2 is 1.80 bits per heavy atom. The van der Waals surface area contributed by atoms with Crippen molar-refractivity contribution in [2.75, 3.05) is 0 Å². The molecule has 0 aliphatic carbocycles. The van der Waals surface area contributed by atoms with Gasteiger partial charge in [-0.2, -0.15) is 0 Å². The molecule has 0 amide bonds. The van der Waals surface area contributed by atoms with Crippen LogP contribution in [0.1, 0.15) is 26.3 Å². The van der Waals surface area contributed by atoms with E-state index in [4.69, 9.17) is 0 Å². The Kier molecular flexibility index (Phi) is 4.01. The lowest BCUT2D eigenvalue weighted by molar-refractivity contribution is -0.121. The summed E-state index contributed by atoms with van der Waals surface area (Å²) >= 11 is 0. The van der Waals surface area contributed by atoms with Crippen molar-refractivity contribution in [3.8, 4) is 0 Å². The second-order valence-corrected chi connectivity index (χ2v) is 4.29. The van der Waals surface area contributed by atoms with Crippen LogP contribution in [0, 0.1) is 17.7 Å². The van der Waals surface area contributed by atoms with Crippen molar-refractivity contribution in [3.05, 3.63) is 35.6 Å². The molecule has 1 nitrogen and oxygen atoms in total. The summed E-state index contributed by atoms with van der Waals surface area (Å²) in [5, 5.41) is 0. The predicted octanol–water partition coefficient (Wildman–Crippen LogP) is 3.23. The number of hydrogen-bond acceptors (Lipinski definition) is 1. The molecule has 15 heavy (non-hydrogen) atoms. The van der Waals surface area contributed by atoms with E-state index in [0.29, 0.717) is 12.3 Å². The maximum atomic E-state index is 12.7. The van der Waals surface area contributed by atoms with Gasteiger partial charge in [-0.25, -0.2) is 4.39 Å². The molecule has 1 aromatic rings. The predicted molar refractivity (Wildman–Crippen MR) is 59.1 cm³/mol. The molecule has 82 valence electrons. The largest absolute Gasteiger partial charge is 0.300 e. The molecule has 0 bridgehead atoms. The quantitative estimate of drug-likeness (QED) is 0.742. The van der Waals surface area contributed by atoms with E-state index in [0.717, 1.165) is 5.56 Å². The fourth-order valence-corrected chi connectivity index (χ4v) is 1.72. The molecule has 0 spiro atoms. The monoisotopic (exact) mass is 208 g/mol. The molecule has 0 saturated heterocycles. The van der Waals surface area contributed by atoms with E-state index in [1.165, 1.54) is 12.1 Å². The summed E-state index contributed by atoms with van der Waals surface area (Å²) in [5.41, 5.74) is 1.02. The standard InChI is InChI=1S/C13H17FO/c1-9(2)13(10(3)15)8-11-4-6-12(14)7-5-11/h4-7,9,13H,8H2,1-3H3. The van der Waals surface area contributed by atoms with Crippen LogP contribution in [0.4, 0.5) is 4.39 Å². The van der Waals surface area contributed by atoms with Crippen LogP contribution in [0.15, 0.2) is 24.3 Å². The number of Topliss-reactive ketones (excluding diaryl/α,β-unsaturated/α-hetero) is 1. The SMILES string of the molecule is CC(=O)C(Cc1ccc(F)cc1)C(C)C. The normalized spacial score (nSPS) is 12.9. The molecule has 2 heteroatoms. The molecule has 0 aliphatic rings.